The van der Waals surface area contributed by atoms with Crippen molar-refractivity contribution >= 4 is 23.8 Å². The predicted octanol–water partition coefficient (Wildman–Crippen LogP) is 3.07. The zero-order chi connectivity index (χ0) is 19.5. The molecule has 2 aromatic carbocycles. The summed E-state index contributed by atoms with van der Waals surface area (Å²) < 4.78 is 14.7. The van der Waals surface area contributed by atoms with Gasteiger partial charge in [0.1, 0.15) is 18.8 Å². The van der Waals surface area contributed by atoms with Crippen LogP contribution in [0.5, 0.6) is 5.75 Å². The molecule has 27 heavy (non-hydrogen) atoms. The minimum atomic E-state index is -0.594. The quantitative estimate of drug-likeness (QED) is 0.384. The number of hydrogen-bond donors (Lipinski definition) is 0. The fourth-order valence-electron chi connectivity index (χ4n) is 2.11. The third-order valence-electron chi connectivity index (χ3n) is 3.52. The smallest absolute Gasteiger partial charge is 0.343 e. The van der Waals surface area contributed by atoms with Crippen LogP contribution in [0.15, 0.2) is 60.7 Å². The Labute approximate surface area is 157 Å². The van der Waals surface area contributed by atoms with Gasteiger partial charge in [-0.05, 0) is 35.9 Å². The van der Waals surface area contributed by atoms with Crippen LogP contribution in [0, 0.1) is 0 Å². The SMILES string of the molecule is COC(=O)COc1ccc(C(=O)CC(=O)OC/C=C/c2ccccc2)cc1. The third-order valence-corrected chi connectivity index (χ3v) is 3.52. The van der Waals surface area contributed by atoms with Crippen molar-refractivity contribution < 1.29 is 28.6 Å². The van der Waals surface area contributed by atoms with Gasteiger partial charge < -0.3 is 14.2 Å². The van der Waals surface area contributed by atoms with E-state index in [1.807, 2.05) is 36.4 Å². The average Bonchev–Trinajstić information content (AvgIpc) is 2.70. The fraction of sp³-hybridized carbons (Fsp3) is 0.190. The van der Waals surface area contributed by atoms with Crippen molar-refractivity contribution in [3.8, 4) is 5.75 Å². The summed E-state index contributed by atoms with van der Waals surface area (Å²) in [5, 5.41) is 0. The Morgan fingerprint density at radius 1 is 0.926 bits per heavy atom. The monoisotopic (exact) mass is 368 g/mol. The van der Waals surface area contributed by atoms with Crippen LogP contribution >= 0.6 is 0 Å². The lowest BCUT2D eigenvalue weighted by Gasteiger charge is -2.06. The molecule has 140 valence electrons. The maximum atomic E-state index is 12.1. The summed E-state index contributed by atoms with van der Waals surface area (Å²) in [4.78, 5) is 34.9. The predicted molar refractivity (Wildman–Crippen MR) is 99.3 cm³/mol. The number of rotatable bonds is 9. The second kappa shape index (κ2) is 10.6. The molecule has 0 spiro atoms. The molecular formula is C21H20O6. The van der Waals surface area contributed by atoms with Gasteiger partial charge in [-0.1, -0.05) is 36.4 Å². The average molecular weight is 368 g/mol. The van der Waals surface area contributed by atoms with Crippen molar-refractivity contribution in [2.75, 3.05) is 20.3 Å². The molecule has 0 aliphatic heterocycles. The van der Waals surface area contributed by atoms with Crippen LogP contribution in [0.2, 0.25) is 0 Å². The van der Waals surface area contributed by atoms with E-state index in [4.69, 9.17) is 9.47 Å². The molecule has 0 N–H and O–H groups in total. The van der Waals surface area contributed by atoms with E-state index in [9.17, 15) is 14.4 Å². The minimum Gasteiger partial charge on any atom is -0.482 e. The number of carbonyl (C=O) groups excluding carboxylic acids is 3. The molecule has 2 rings (SSSR count). The van der Waals surface area contributed by atoms with Crippen molar-refractivity contribution in [1.82, 2.24) is 0 Å². The van der Waals surface area contributed by atoms with Crippen molar-refractivity contribution in [2.45, 2.75) is 6.42 Å². The fourth-order valence-corrected chi connectivity index (χ4v) is 2.11. The topological polar surface area (TPSA) is 78.9 Å². The minimum absolute atomic E-state index is 0.0985. The van der Waals surface area contributed by atoms with Crippen LogP contribution in [0.25, 0.3) is 6.08 Å². The summed E-state index contributed by atoms with van der Waals surface area (Å²) in [5.41, 5.74) is 1.36. The maximum Gasteiger partial charge on any atom is 0.343 e. The third kappa shape index (κ3) is 7.15. The van der Waals surface area contributed by atoms with Gasteiger partial charge in [0.2, 0.25) is 0 Å². The van der Waals surface area contributed by atoms with Crippen LogP contribution in [0.3, 0.4) is 0 Å². The Kier molecular flexibility index (Phi) is 7.78. The normalized spacial score (nSPS) is 10.4. The zero-order valence-corrected chi connectivity index (χ0v) is 14.9. The van der Waals surface area contributed by atoms with Gasteiger partial charge in [0, 0.05) is 5.56 Å². The number of carbonyl (C=O) groups is 3. The van der Waals surface area contributed by atoms with E-state index in [1.165, 1.54) is 19.2 Å². The highest BCUT2D eigenvalue weighted by atomic mass is 16.6. The van der Waals surface area contributed by atoms with Gasteiger partial charge in [0.05, 0.1) is 7.11 Å². The van der Waals surface area contributed by atoms with Gasteiger partial charge in [-0.25, -0.2) is 4.79 Å². The Bertz CT molecular complexity index is 793. The summed E-state index contributed by atoms with van der Waals surface area (Å²) in [6, 6.07) is 15.7. The van der Waals surface area contributed by atoms with E-state index < -0.39 is 11.9 Å². The van der Waals surface area contributed by atoms with Gasteiger partial charge in [-0.3, -0.25) is 9.59 Å². The molecule has 6 heteroatoms. The number of ether oxygens (including phenoxy) is 3. The molecule has 0 atom stereocenters. The first-order valence-electron chi connectivity index (χ1n) is 8.28. The van der Waals surface area contributed by atoms with E-state index in [2.05, 4.69) is 4.74 Å². The van der Waals surface area contributed by atoms with Crippen LogP contribution in [-0.4, -0.2) is 38.0 Å². The molecule has 0 radical (unpaired) electrons. The van der Waals surface area contributed by atoms with Gasteiger partial charge >= 0.3 is 11.9 Å². The standard InChI is InChI=1S/C21H20O6/c1-25-21(24)15-27-18-11-9-17(10-12-18)19(22)14-20(23)26-13-5-8-16-6-3-2-4-7-16/h2-12H,13-15H2,1H3/b8-5+. The lowest BCUT2D eigenvalue weighted by molar-refractivity contribution is -0.143. The molecule has 0 aromatic heterocycles. The van der Waals surface area contributed by atoms with Crippen LogP contribution < -0.4 is 4.74 Å². The van der Waals surface area contributed by atoms with E-state index in [-0.39, 0.29) is 25.4 Å². The second-order valence-electron chi connectivity index (χ2n) is 5.49. The van der Waals surface area contributed by atoms with E-state index in [1.54, 1.807) is 18.2 Å². The number of benzene rings is 2. The number of esters is 2. The number of hydrogen-bond acceptors (Lipinski definition) is 6. The summed E-state index contributed by atoms with van der Waals surface area (Å²) in [7, 11) is 1.27. The number of ketones is 1. The van der Waals surface area contributed by atoms with Crippen molar-refractivity contribution in [1.29, 1.82) is 0 Å². The van der Waals surface area contributed by atoms with Crippen molar-refractivity contribution in [2.24, 2.45) is 0 Å². The first-order valence-corrected chi connectivity index (χ1v) is 8.28. The van der Waals surface area contributed by atoms with E-state index in [0.717, 1.165) is 5.56 Å². The second-order valence-corrected chi connectivity index (χ2v) is 5.49. The lowest BCUT2D eigenvalue weighted by Crippen LogP contribution is -2.13. The van der Waals surface area contributed by atoms with Gasteiger partial charge in [0.15, 0.2) is 12.4 Å². The van der Waals surface area contributed by atoms with Crippen LogP contribution in [0.4, 0.5) is 0 Å². The molecule has 0 aliphatic rings. The Morgan fingerprint density at radius 3 is 2.30 bits per heavy atom. The largest absolute Gasteiger partial charge is 0.482 e. The summed E-state index contributed by atoms with van der Waals surface area (Å²) >= 11 is 0. The molecule has 0 bridgehead atoms. The maximum absolute atomic E-state index is 12.1. The van der Waals surface area contributed by atoms with Crippen LogP contribution in [-0.2, 0) is 19.1 Å². The Hall–Kier alpha value is -3.41. The Balaban J connectivity index is 1.76. The number of methoxy groups -OCH3 is 1. The van der Waals surface area contributed by atoms with E-state index in [0.29, 0.717) is 11.3 Å². The highest BCUT2D eigenvalue weighted by Crippen LogP contribution is 2.14. The van der Waals surface area contributed by atoms with Crippen molar-refractivity contribution in [3.63, 3.8) is 0 Å². The molecule has 0 aliphatic carbocycles. The first-order chi connectivity index (χ1) is 13.1. The van der Waals surface area contributed by atoms with Gasteiger partial charge in [-0.2, -0.15) is 0 Å². The van der Waals surface area contributed by atoms with E-state index >= 15 is 0 Å². The van der Waals surface area contributed by atoms with Crippen molar-refractivity contribution in [3.05, 3.63) is 71.8 Å². The first kappa shape index (κ1) is 19.9. The van der Waals surface area contributed by atoms with Gasteiger partial charge in [-0.15, -0.1) is 0 Å². The summed E-state index contributed by atoms with van der Waals surface area (Å²) in [5.74, 6) is -1.03. The molecule has 0 amide bonds. The molecule has 0 heterocycles. The highest BCUT2D eigenvalue weighted by Gasteiger charge is 2.13. The van der Waals surface area contributed by atoms with Crippen LogP contribution in [0.1, 0.15) is 22.3 Å². The highest BCUT2D eigenvalue weighted by molar-refractivity contribution is 6.06. The molecule has 0 saturated heterocycles. The van der Waals surface area contributed by atoms with Gasteiger partial charge in [0.25, 0.3) is 0 Å². The zero-order valence-electron chi connectivity index (χ0n) is 14.9. The Morgan fingerprint density at radius 2 is 1.63 bits per heavy atom. The molecule has 0 unspecified atom stereocenters. The molecule has 0 saturated carbocycles. The summed E-state index contributed by atoms with van der Waals surface area (Å²) in [6.45, 7) is -0.117. The molecular weight excluding hydrogens is 348 g/mol. The summed E-state index contributed by atoms with van der Waals surface area (Å²) in [6.07, 6.45) is 3.20. The molecule has 0 fully saturated rings. The molecule has 6 nitrogen and oxygen atoms in total. The molecule has 2 aromatic rings. The lowest BCUT2D eigenvalue weighted by atomic mass is 10.1. The number of Topliss-reactive ketones (excluding diaryl/α,β-unsaturated/α-hetero) is 1.